The van der Waals surface area contributed by atoms with Gasteiger partial charge in [0.2, 0.25) is 23.5 Å². The highest BCUT2D eigenvalue weighted by atomic mass is 32.2. The van der Waals surface area contributed by atoms with Gasteiger partial charge in [-0.1, -0.05) is 42.5 Å². The molecule has 0 spiro atoms. The topological polar surface area (TPSA) is 234 Å². The number of primary amides is 2. The summed E-state index contributed by atoms with van der Waals surface area (Å²) in [6, 6.07) is 2.29. The molecule has 17 heteroatoms. The van der Waals surface area contributed by atoms with Crippen LogP contribution in [0.1, 0.15) is 99.8 Å². The maximum absolute atomic E-state index is 15.0. The lowest BCUT2D eigenvalue weighted by Gasteiger charge is -2.37. The number of carbonyl (C=O) groups excluding carboxylic acids is 5. The Morgan fingerprint density at radius 1 is 1.08 bits per heavy atom. The van der Waals surface area contributed by atoms with E-state index >= 15 is 4.79 Å². The lowest BCUT2D eigenvalue weighted by Crippen LogP contribution is -2.62. The fourth-order valence-corrected chi connectivity index (χ4v) is 8.87. The number of likely N-dealkylation sites (tertiary alicyclic amines) is 1. The van der Waals surface area contributed by atoms with Crippen LogP contribution in [0.5, 0.6) is 0 Å². The molecule has 6 N–H and O–H groups in total. The number of carbonyl (C=O) groups is 5. The van der Waals surface area contributed by atoms with Crippen LogP contribution >= 0.6 is 11.8 Å². The maximum Gasteiger partial charge on any atom is 0.287 e. The van der Waals surface area contributed by atoms with Gasteiger partial charge in [0, 0.05) is 18.5 Å². The average Bonchev–Trinajstić information content (AvgIpc) is 3.85. The molecule has 16 nitrogen and oxygen atoms in total. The number of thioether (sulfide) groups is 1. The van der Waals surface area contributed by atoms with E-state index in [9.17, 15) is 24.3 Å². The summed E-state index contributed by atoms with van der Waals surface area (Å²) < 4.78 is 3.11. The van der Waals surface area contributed by atoms with Crippen molar-refractivity contribution in [2.75, 3.05) is 18.1 Å². The Kier molecular flexibility index (Phi) is 9.99. The molecule has 2 aromatic heterocycles. The molecule has 6 rings (SSSR count). The van der Waals surface area contributed by atoms with Gasteiger partial charge in [0.15, 0.2) is 0 Å². The zero-order valence-electron chi connectivity index (χ0n) is 28.3. The van der Waals surface area contributed by atoms with Crippen LogP contribution in [0.3, 0.4) is 0 Å². The molecule has 0 unspecified atom stereocenters. The molecular formula is C33H44N10O6S. The largest absolute Gasteiger partial charge is 0.384 e. The summed E-state index contributed by atoms with van der Waals surface area (Å²) in [6.45, 7) is 3.25. The van der Waals surface area contributed by atoms with Crippen LogP contribution in [0.15, 0.2) is 24.4 Å². The summed E-state index contributed by atoms with van der Waals surface area (Å²) in [6.07, 6.45) is 7.56. The maximum atomic E-state index is 15.0. The monoisotopic (exact) mass is 708 g/mol. The molecule has 0 radical (unpaired) electrons. The van der Waals surface area contributed by atoms with Gasteiger partial charge in [0.25, 0.3) is 5.91 Å². The summed E-state index contributed by atoms with van der Waals surface area (Å²) in [4.78, 5) is 68.1. The molecule has 1 aromatic carbocycles. The fourth-order valence-electron chi connectivity index (χ4n) is 7.68. The van der Waals surface area contributed by atoms with Gasteiger partial charge in [-0.15, -0.1) is 10.2 Å². The molecule has 3 atom stereocenters. The minimum atomic E-state index is -1.48. The number of fused-ring (bicyclic) bond motifs is 1. The van der Waals surface area contributed by atoms with E-state index in [1.807, 2.05) is 0 Å². The molecule has 268 valence electrons. The fraction of sp³-hybridized carbons (Fsp3) is 0.606. The summed E-state index contributed by atoms with van der Waals surface area (Å²) >= 11 is 1.61. The number of nitrogens with zero attached hydrogens (tertiary/aromatic N) is 7. The van der Waals surface area contributed by atoms with Crippen LogP contribution in [0.25, 0.3) is 11.0 Å². The van der Waals surface area contributed by atoms with Gasteiger partial charge in [-0.3, -0.25) is 24.0 Å². The van der Waals surface area contributed by atoms with Crippen LogP contribution in [0.4, 0.5) is 0 Å². The second kappa shape index (κ2) is 14.1. The average molecular weight is 709 g/mol. The third kappa shape index (κ3) is 6.97. The Morgan fingerprint density at radius 2 is 1.80 bits per heavy atom. The predicted octanol–water partition coefficient (Wildman–Crippen LogP) is 1.14. The number of hydrogen-bond donors (Lipinski definition) is 4. The molecule has 1 saturated carbocycles. The summed E-state index contributed by atoms with van der Waals surface area (Å²) in [5.74, 6) is -2.25. The highest BCUT2D eigenvalue weighted by molar-refractivity contribution is 7.99. The van der Waals surface area contributed by atoms with E-state index in [0.717, 1.165) is 32.1 Å². The Morgan fingerprint density at radius 3 is 2.46 bits per heavy atom. The number of ketones is 1. The number of aliphatic hydroxyl groups is 1. The Labute approximate surface area is 293 Å². The van der Waals surface area contributed by atoms with Gasteiger partial charge in [-0.25, -0.2) is 9.36 Å². The quantitative estimate of drug-likeness (QED) is 0.206. The third-order valence-electron chi connectivity index (χ3n) is 10.4. The highest BCUT2D eigenvalue weighted by Crippen LogP contribution is 2.38. The number of benzene rings is 1. The Balaban J connectivity index is 1.40. The molecule has 50 heavy (non-hydrogen) atoms. The van der Waals surface area contributed by atoms with Crippen molar-refractivity contribution in [1.82, 2.24) is 40.2 Å². The van der Waals surface area contributed by atoms with Gasteiger partial charge >= 0.3 is 0 Å². The van der Waals surface area contributed by atoms with Gasteiger partial charge in [0.05, 0.1) is 23.4 Å². The minimum absolute atomic E-state index is 0.0512. The number of nitrogens with one attached hydrogen (secondary N) is 1. The zero-order chi connectivity index (χ0) is 35.8. The number of amides is 4. The Hall–Kier alpha value is -4.38. The number of rotatable bonds is 11. The highest BCUT2D eigenvalue weighted by Gasteiger charge is 2.49. The Bertz CT molecular complexity index is 1790. The molecule has 3 aliphatic rings. The van der Waals surface area contributed by atoms with Gasteiger partial charge in [-0.2, -0.15) is 11.8 Å². The van der Waals surface area contributed by atoms with Crippen molar-refractivity contribution >= 4 is 52.2 Å². The van der Waals surface area contributed by atoms with Crippen molar-refractivity contribution in [3.05, 3.63) is 35.7 Å². The van der Waals surface area contributed by atoms with Crippen molar-refractivity contribution < 1.29 is 29.1 Å². The zero-order valence-corrected chi connectivity index (χ0v) is 29.1. The number of hydrogen-bond acceptors (Lipinski definition) is 11. The molecule has 4 heterocycles. The van der Waals surface area contributed by atoms with Crippen molar-refractivity contribution in [2.24, 2.45) is 17.4 Å². The minimum Gasteiger partial charge on any atom is -0.384 e. The molecule has 3 aromatic rings. The van der Waals surface area contributed by atoms with Crippen LogP contribution in [0.2, 0.25) is 0 Å². The molecule has 2 saturated heterocycles. The summed E-state index contributed by atoms with van der Waals surface area (Å²) in [7, 11) is 0. The number of aromatic nitrogens is 6. The van der Waals surface area contributed by atoms with Crippen LogP contribution in [-0.4, -0.2) is 99.0 Å². The molecular weight excluding hydrogens is 664 g/mol. The van der Waals surface area contributed by atoms with Crippen molar-refractivity contribution in [3.63, 3.8) is 0 Å². The van der Waals surface area contributed by atoms with Gasteiger partial charge < -0.3 is 26.8 Å². The van der Waals surface area contributed by atoms with Crippen molar-refractivity contribution in [2.45, 2.75) is 101 Å². The van der Waals surface area contributed by atoms with Gasteiger partial charge in [0.1, 0.15) is 28.7 Å². The van der Waals surface area contributed by atoms with E-state index in [2.05, 4.69) is 25.9 Å². The first-order valence-electron chi connectivity index (χ1n) is 17.1. The lowest BCUT2D eigenvalue weighted by molar-refractivity contribution is -0.145. The molecule has 0 bridgehead atoms. The molecule has 3 fully saturated rings. The second-order valence-electron chi connectivity index (χ2n) is 14.3. The van der Waals surface area contributed by atoms with Crippen LogP contribution in [-0.2, 0) is 24.8 Å². The van der Waals surface area contributed by atoms with E-state index in [0.29, 0.717) is 34.7 Å². The van der Waals surface area contributed by atoms with Crippen molar-refractivity contribution in [1.29, 1.82) is 0 Å². The number of nitrogens with two attached hydrogens (primary N) is 2. The predicted molar refractivity (Wildman–Crippen MR) is 182 cm³/mol. The standard InChI is InChI=1S/C33H44N10O6S/c1-32(2,49)26-17-36-39-42(26)21-16-24(30(47)37-33(27(44)29(35)46)10-12-50-13-11-33)41(18-21)31(48)25(14-19-6-4-3-5-7-19)43-23-9-8-20(28(34)45)15-22(23)38-40-43/h8-9,15,17,19,21,24-25,49H,3-7,10-14,16,18H2,1-2H3,(H2,34,45)(H2,35,46)(H,37,47)/t21-,24-,25+/m0/s1. The SMILES string of the molecule is CC(C)(O)c1cnnn1[C@H]1C[C@@H](C(=O)NC2(C(=O)C(N)=O)CCSCC2)N(C(=O)[C@@H](CC2CCCCC2)n2nnc3cc(C(N)=O)ccc32)C1. The second-order valence-corrected chi connectivity index (χ2v) is 15.5. The summed E-state index contributed by atoms with van der Waals surface area (Å²) in [5, 5.41) is 30.7. The third-order valence-corrected chi connectivity index (χ3v) is 11.4. The van der Waals surface area contributed by atoms with E-state index in [1.54, 1.807) is 47.1 Å². The number of Topliss-reactive ketones (excluding diaryl/α,β-unsaturated/α-hetero) is 1. The van der Waals surface area contributed by atoms with E-state index < -0.39 is 52.8 Å². The smallest absolute Gasteiger partial charge is 0.287 e. The molecule has 1 aliphatic carbocycles. The molecule has 2 aliphatic heterocycles. The van der Waals surface area contributed by atoms with E-state index in [4.69, 9.17) is 11.5 Å². The molecule has 4 amide bonds. The van der Waals surface area contributed by atoms with E-state index in [-0.39, 0.29) is 43.2 Å². The van der Waals surface area contributed by atoms with Crippen molar-refractivity contribution in [3.8, 4) is 0 Å². The van der Waals surface area contributed by atoms with E-state index in [1.165, 1.54) is 17.2 Å². The van der Waals surface area contributed by atoms with Crippen LogP contribution in [0, 0.1) is 5.92 Å². The first kappa shape index (κ1) is 35.4. The normalized spacial score (nSPS) is 21.9. The first-order chi connectivity index (χ1) is 23.8. The van der Waals surface area contributed by atoms with Gasteiger partial charge in [-0.05, 0) is 68.7 Å². The first-order valence-corrected chi connectivity index (χ1v) is 18.3. The van der Waals surface area contributed by atoms with Crippen LogP contribution < -0.4 is 16.8 Å². The lowest BCUT2D eigenvalue weighted by atomic mass is 9.84. The summed E-state index contributed by atoms with van der Waals surface area (Å²) in [5.41, 5.74) is 9.77.